The Morgan fingerprint density at radius 2 is 1.08 bits per heavy atom. The molecule has 3 fully saturated rings. The lowest BCUT2D eigenvalue weighted by molar-refractivity contribution is -0.138. The average molecular weight is 422 g/mol. The summed E-state index contributed by atoms with van der Waals surface area (Å²) < 4.78 is 0. The van der Waals surface area contributed by atoms with E-state index in [4.69, 9.17) is 23.2 Å². The molecule has 0 radical (unpaired) electrons. The minimum Gasteiger partial charge on any atom is -0.341 e. The molecule has 0 aromatic carbocycles. The third-order valence-electron chi connectivity index (χ3n) is 4.75. The highest BCUT2D eigenvalue weighted by Gasteiger charge is 2.42. The molecule has 24 heavy (non-hydrogen) atoms. The molecule has 3 aliphatic rings. The molecule has 6 atom stereocenters. The number of hydrogen-bond acceptors (Lipinski definition) is 4. The maximum absolute atomic E-state index is 12.4. The second-order valence-corrected chi connectivity index (χ2v) is 7.59. The molecular formula is C14H24Cl4N4O2. The number of nitrogens with one attached hydrogen (secondary N) is 4. The van der Waals surface area contributed by atoms with Crippen molar-refractivity contribution in [1.82, 2.24) is 21.3 Å². The highest BCUT2D eigenvalue weighted by molar-refractivity contribution is 6.21. The van der Waals surface area contributed by atoms with Gasteiger partial charge in [0.25, 0.3) is 0 Å². The molecule has 0 aromatic heterocycles. The van der Waals surface area contributed by atoms with E-state index in [1.807, 2.05) is 0 Å². The van der Waals surface area contributed by atoms with Crippen molar-refractivity contribution in [1.29, 1.82) is 0 Å². The number of alkyl halides is 2. The van der Waals surface area contributed by atoms with Crippen molar-refractivity contribution in [2.45, 2.75) is 60.6 Å². The Balaban J connectivity index is 0.00000144. The predicted molar refractivity (Wildman–Crippen MR) is 99.7 cm³/mol. The van der Waals surface area contributed by atoms with Gasteiger partial charge in [0.1, 0.15) is 12.1 Å². The van der Waals surface area contributed by atoms with Gasteiger partial charge in [-0.05, 0) is 25.7 Å². The quantitative estimate of drug-likeness (QED) is 0.490. The van der Waals surface area contributed by atoms with Gasteiger partial charge in [-0.1, -0.05) is 0 Å². The van der Waals surface area contributed by atoms with Gasteiger partial charge >= 0.3 is 0 Å². The van der Waals surface area contributed by atoms with Crippen molar-refractivity contribution in [3.8, 4) is 0 Å². The average Bonchev–Trinajstić information content (AvgIpc) is 2.51. The van der Waals surface area contributed by atoms with E-state index >= 15 is 0 Å². The lowest BCUT2D eigenvalue weighted by Crippen LogP contribution is -2.71. The van der Waals surface area contributed by atoms with Gasteiger partial charge in [0.2, 0.25) is 11.8 Å². The smallest absolute Gasteiger partial charge is 0.244 e. The minimum absolute atomic E-state index is 0. The Bertz CT molecular complexity index is 400. The van der Waals surface area contributed by atoms with Crippen LogP contribution in [-0.2, 0) is 9.59 Å². The van der Waals surface area contributed by atoms with E-state index in [-0.39, 0.29) is 59.5 Å². The summed E-state index contributed by atoms with van der Waals surface area (Å²) in [4.78, 5) is 24.8. The SMILES string of the molecule is Cl.Cl.O=C1N[C@@H]([C@H]2CC[C@H](Cl)CN2)C(=O)N[C@H]1[C@H]1CC[C@H](Cl)CN1. The van der Waals surface area contributed by atoms with Crippen molar-refractivity contribution in [3.05, 3.63) is 0 Å². The van der Waals surface area contributed by atoms with Gasteiger partial charge in [-0.2, -0.15) is 0 Å². The molecule has 0 saturated carbocycles. The molecule has 4 N–H and O–H groups in total. The maximum Gasteiger partial charge on any atom is 0.244 e. The summed E-state index contributed by atoms with van der Waals surface area (Å²) in [7, 11) is 0. The molecule has 3 heterocycles. The molecule has 140 valence electrons. The summed E-state index contributed by atoms with van der Waals surface area (Å²) in [5.74, 6) is -0.241. The van der Waals surface area contributed by atoms with E-state index in [0.717, 1.165) is 25.7 Å². The van der Waals surface area contributed by atoms with E-state index in [1.54, 1.807) is 0 Å². The number of piperidine rings is 2. The second-order valence-electron chi connectivity index (χ2n) is 6.35. The van der Waals surface area contributed by atoms with Crippen molar-refractivity contribution >= 4 is 59.8 Å². The third-order valence-corrected chi connectivity index (χ3v) is 5.50. The topological polar surface area (TPSA) is 82.3 Å². The van der Waals surface area contributed by atoms with Crippen LogP contribution in [0, 0.1) is 0 Å². The Hall–Kier alpha value is 0.0200. The van der Waals surface area contributed by atoms with Crippen molar-refractivity contribution in [3.63, 3.8) is 0 Å². The van der Waals surface area contributed by atoms with Crippen LogP contribution in [0.4, 0.5) is 0 Å². The molecule has 0 unspecified atom stereocenters. The fourth-order valence-electron chi connectivity index (χ4n) is 3.44. The van der Waals surface area contributed by atoms with E-state index in [0.29, 0.717) is 13.1 Å². The highest BCUT2D eigenvalue weighted by atomic mass is 35.5. The number of carbonyl (C=O) groups is 2. The zero-order valence-corrected chi connectivity index (χ0v) is 16.2. The number of amides is 2. The second kappa shape index (κ2) is 9.64. The first-order valence-corrected chi connectivity index (χ1v) is 8.77. The molecule has 0 spiro atoms. The number of rotatable bonds is 2. The van der Waals surface area contributed by atoms with Gasteiger partial charge in [-0.3, -0.25) is 9.59 Å². The Kier molecular flexibility index (Phi) is 8.87. The van der Waals surface area contributed by atoms with Gasteiger partial charge in [0.15, 0.2) is 0 Å². The molecule has 10 heteroatoms. The Morgan fingerprint density at radius 1 is 0.708 bits per heavy atom. The Morgan fingerprint density at radius 3 is 1.38 bits per heavy atom. The molecule has 3 rings (SSSR count). The van der Waals surface area contributed by atoms with Gasteiger partial charge in [-0.25, -0.2) is 0 Å². The molecular weight excluding hydrogens is 398 g/mol. The van der Waals surface area contributed by atoms with Crippen LogP contribution in [0.2, 0.25) is 0 Å². The van der Waals surface area contributed by atoms with Crippen LogP contribution >= 0.6 is 48.0 Å². The number of piperazine rings is 1. The van der Waals surface area contributed by atoms with E-state index < -0.39 is 12.1 Å². The molecule has 3 aliphatic heterocycles. The van der Waals surface area contributed by atoms with Crippen LogP contribution in [0.25, 0.3) is 0 Å². The molecule has 0 aromatic rings. The zero-order chi connectivity index (χ0) is 15.7. The highest BCUT2D eigenvalue weighted by Crippen LogP contribution is 2.20. The van der Waals surface area contributed by atoms with Gasteiger partial charge < -0.3 is 21.3 Å². The Labute approximate surface area is 164 Å². The van der Waals surface area contributed by atoms with Gasteiger partial charge in [0.05, 0.1) is 0 Å². The lowest BCUT2D eigenvalue weighted by Gasteiger charge is -2.40. The number of hydrogen-bond donors (Lipinski definition) is 4. The summed E-state index contributed by atoms with van der Waals surface area (Å²) >= 11 is 12.1. The first kappa shape index (κ1) is 22.1. The van der Waals surface area contributed by atoms with Crippen molar-refractivity contribution in [2.24, 2.45) is 0 Å². The molecule has 6 nitrogen and oxygen atoms in total. The van der Waals surface area contributed by atoms with Crippen LogP contribution in [0.5, 0.6) is 0 Å². The lowest BCUT2D eigenvalue weighted by atomic mass is 9.91. The largest absolute Gasteiger partial charge is 0.341 e. The van der Waals surface area contributed by atoms with Gasteiger partial charge in [0, 0.05) is 35.9 Å². The fourth-order valence-corrected chi connectivity index (χ4v) is 3.87. The summed E-state index contributed by atoms with van der Waals surface area (Å²) in [6.07, 6.45) is 3.27. The van der Waals surface area contributed by atoms with Crippen LogP contribution < -0.4 is 21.3 Å². The first-order chi connectivity index (χ1) is 10.5. The fraction of sp³-hybridized carbons (Fsp3) is 0.857. The molecule has 2 amide bonds. The van der Waals surface area contributed by atoms with Crippen LogP contribution in [0.3, 0.4) is 0 Å². The third kappa shape index (κ3) is 5.02. The van der Waals surface area contributed by atoms with Crippen molar-refractivity contribution in [2.75, 3.05) is 13.1 Å². The summed E-state index contributed by atoms with van der Waals surface area (Å²) in [5.41, 5.74) is 0. The van der Waals surface area contributed by atoms with Crippen LogP contribution in [0.15, 0.2) is 0 Å². The van der Waals surface area contributed by atoms with Crippen LogP contribution in [0.1, 0.15) is 25.7 Å². The maximum atomic E-state index is 12.4. The molecule has 0 aliphatic carbocycles. The summed E-state index contributed by atoms with van der Waals surface area (Å²) in [5, 5.41) is 12.5. The zero-order valence-electron chi connectivity index (χ0n) is 13.1. The van der Waals surface area contributed by atoms with Gasteiger partial charge in [-0.15, -0.1) is 48.0 Å². The normalized spacial score (nSPS) is 39.8. The number of halogens is 4. The molecule has 3 saturated heterocycles. The minimum atomic E-state index is -0.516. The first-order valence-electron chi connectivity index (χ1n) is 7.90. The predicted octanol–water partition coefficient (Wildman–Crippen LogP) is 0.532. The molecule has 0 bridgehead atoms. The standard InChI is InChI=1S/C14H22Cl2N4O2.2ClH/c15-7-1-3-9(17-5-7)11-13(21)20-12(14(22)19-11)10-4-2-8(16)6-18-10;;/h7-12,17-18H,1-6H2,(H,19,22)(H,20,21);2*1H/t7-,8-,9+,10+,11-,12-;;/m0../s1. The van der Waals surface area contributed by atoms with Crippen molar-refractivity contribution < 1.29 is 9.59 Å². The van der Waals surface area contributed by atoms with E-state index in [9.17, 15) is 9.59 Å². The summed E-state index contributed by atoms with van der Waals surface area (Å²) in [6, 6.07) is -1.13. The van der Waals surface area contributed by atoms with E-state index in [1.165, 1.54) is 0 Å². The van der Waals surface area contributed by atoms with E-state index in [2.05, 4.69) is 21.3 Å². The summed E-state index contributed by atoms with van der Waals surface area (Å²) in [6.45, 7) is 1.33. The van der Waals surface area contributed by atoms with Crippen LogP contribution in [-0.4, -0.2) is 59.8 Å². The number of carbonyl (C=O) groups excluding carboxylic acids is 2. The monoisotopic (exact) mass is 420 g/mol.